The van der Waals surface area contributed by atoms with Gasteiger partial charge in [-0.15, -0.1) is 0 Å². The molecule has 0 saturated heterocycles. The molecule has 26 heavy (non-hydrogen) atoms. The predicted molar refractivity (Wildman–Crippen MR) is 95.3 cm³/mol. The monoisotopic (exact) mass is 358 g/mol. The molecule has 2 saturated carbocycles. The van der Waals surface area contributed by atoms with Crippen LogP contribution in [0.5, 0.6) is 0 Å². The van der Waals surface area contributed by atoms with Crippen LogP contribution in [0.3, 0.4) is 0 Å². The van der Waals surface area contributed by atoms with Crippen molar-refractivity contribution >= 4 is 11.6 Å². The summed E-state index contributed by atoms with van der Waals surface area (Å²) in [6.45, 7) is 4.32. The average molecular weight is 358 g/mol. The number of rotatable bonds is 2. The van der Waals surface area contributed by atoms with Crippen LogP contribution < -0.4 is 0 Å². The molecule has 0 N–H and O–H groups in total. The first kappa shape index (κ1) is 17.6. The first-order chi connectivity index (χ1) is 12.3. The minimum absolute atomic E-state index is 0.0350. The number of carbonyl (C=O) groups is 2. The topological polar surface area (TPSA) is 34.1 Å². The van der Waals surface area contributed by atoms with Crippen molar-refractivity contribution in [2.45, 2.75) is 39.5 Å². The molecule has 2 nitrogen and oxygen atoms in total. The predicted octanol–water partition coefficient (Wildman–Crippen LogP) is 5.04. The second-order valence-electron chi connectivity index (χ2n) is 8.78. The quantitative estimate of drug-likeness (QED) is 0.648. The molecular formula is C22H24F2O2. The van der Waals surface area contributed by atoms with Crippen molar-refractivity contribution < 1.29 is 18.4 Å². The van der Waals surface area contributed by atoms with E-state index >= 15 is 0 Å². The zero-order valence-corrected chi connectivity index (χ0v) is 15.2. The van der Waals surface area contributed by atoms with E-state index in [1.165, 1.54) is 0 Å². The number of hydrogen-bond acceptors (Lipinski definition) is 2. The summed E-state index contributed by atoms with van der Waals surface area (Å²) in [7, 11) is 0. The standard InChI is InChI=1S/C22H24F2O2/c1-21-9-7-14(25)11-13(21)3-4-15-16-5-6-18(19(26)12-20(23)24)22(16,2)10-8-17(15)21/h3-4,7,9,11-12,15-18H,5-6,8,10H2,1-2H3/t15-,16-,17-,18+,21-,22-/m0/s1. The Morgan fingerprint density at radius 1 is 1.15 bits per heavy atom. The summed E-state index contributed by atoms with van der Waals surface area (Å²) in [4.78, 5) is 24.1. The molecule has 6 atom stereocenters. The Kier molecular flexibility index (Phi) is 3.94. The van der Waals surface area contributed by atoms with E-state index in [0.29, 0.717) is 30.3 Å². The summed E-state index contributed by atoms with van der Waals surface area (Å²) in [5.74, 6) is 0.355. The molecule has 0 unspecified atom stereocenters. The van der Waals surface area contributed by atoms with Gasteiger partial charge in [0.05, 0.1) is 0 Å². The molecule has 0 aromatic carbocycles. The van der Waals surface area contributed by atoms with Crippen LogP contribution in [-0.2, 0) is 9.59 Å². The van der Waals surface area contributed by atoms with Gasteiger partial charge in [0, 0.05) is 17.4 Å². The summed E-state index contributed by atoms with van der Waals surface area (Å²) in [5.41, 5.74) is 0.699. The molecule has 0 bridgehead atoms. The second-order valence-corrected chi connectivity index (χ2v) is 8.78. The third-order valence-electron chi connectivity index (χ3n) is 7.71. The van der Waals surface area contributed by atoms with Crippen LogP contribution in [0, 0.1) is 34.5 Å². The van der Waals surface area contributed by atoms with E-state index in [1.807, 2.05) is 6.08 Å². The highest BCUT2D eigenvalue weighted by Gasteiger charge is 2.58. The molecule has 2 fully saturated rings. The van der Waals surface area contributed by atoms with Gasteiger partial charge in [-0.3, -0.25) is 9.59 Å². The maximum Gasteiger partial charge on any atom is 0.273 e. The minimum Gasteiger partial charge on any atom is -0.294 e. The van der Waals surface area contributed by atoms with Crippen LogP contribution in [0.2, 0.25) is 0 Å². The van der Waals surface area contributed by atoms with Crippen molar-refractivity contribution in [3.8, 4) is 0 Å². The number of carbonyl (C=O) groups excluding carboxylic acids is 2. The fraction of sp³-hybridized carbons (Fsp3) is 0.545. The summed E-state index contributed by atoms with van der Waals surface area (Å²) in [6, 6.07) is 0. The highest BCUT2D eigenvalue weighted by Crippen LogP contribution is 2.64. The van der Waals surface area contributed by atoms with E-state index < -0.39 is 11.9 Å². The maximum absolute atomic E-state index is 12.6. The number of fused-ring (bicyclic) bond motifs is 5. The van der Waals surface area contributed by atoms with Crippen LogP contribution in [0.4, 0.5) is 8.78 Å². The van der Waals surface area contributed by atoms with Crippen molar-refractivity contribution in [3.63, 3.8) is 0 Å². The van der Waals surface area contributed by atoms with E-state index in [9.17, 15) is 18.4 Å². The van der Waals surface area contributed by atoms with Crippen LogP contribution in [0.25, 0.3) is 0 Å². The molecule has 0 spiro atoms. The molecule has 0 amide bonds. The normalized spacial score (nSPS) is 43.2. The number of halogens is 2. The van der Waals surface area contributed by atoms with Crippen molar-refractivity contribution in [1.29, 1.82) is 0 Å². The molecule has 0 aromatic heterocycles. The van der Waals surface area contributed by atoms with Crippen molar-refractivity contribution in [1.82, 2.24) is 0 Å². The fourth-order valence-corrected chi connectivity index (χ4v) is 6.33. The Labute approximate surface area is 152 Å². The lowest BCUT2D eigenvalue weighted by Gasteiger charge is -2.54. The second kappa shape index (κ2) is 5.83. The van der Waals surface area contributed by atoms with E-state index in [1.54, 1.807) is 12.2 Å². The lowest BCUT2D eigenvalue weighted by atomic mass is 9.49. The third-order valence-corrected chi connectivity index (χ3v) is 7.71. The number of allylic oxidation sites excluding steroid dienone is 7. The van der Waals surface area contributed by atoms with E-state index in [-0.39, 0.29) is 22.5 Å². The SMILES string of the molecule is C[C@]12CC[C@H]3[C@@H](C=CC4=CC(=O)C=C[C@@]43C)[C@@H]1CC[C@@H]2C(=O)C=C(F)F. The van der Waals surface area contributed by atoms with Gasteiger partial charge in [0.2, 0.25) is 0 Å². The average Bonchev–Trinajstić information content (AvgIpc) is 2.92. The highest BCUT2D eigenvalue weighted by molar-refractivity contribution is 6.01. The molecule has 0 aliphatic heterocycles. The molecule has 0 heterocycles. The molecule has 4 aliphatic carbocycles. The molecule has 4 rings (SSSR count). The molecule has 4 heteroatoms. The van der Waals surface area contributed by atoms with Crippen molar-refractivity contribution in [2.75, 3.05) is 0 Å². The summed E-state index contributed by atoms with van der Waals surface area (Å²) in [6.07, 6.45) is 11.8. The Balaban J connectivity index is 1.68. The van der Waals surface area contributed by atoms with Gasteiger partial charge in [0.1, 0.15) is 0 Å². The van der Waals surface area contributed by atoms with E-state index in [4.69, 9.17) is 0 Å². The Hall–Kier alpha value is -1.84. The van der Waals surface area contributed by atoms with Gasteiger partial charge in [-0.05, 0) is 66.6 Å². The van der Waals surface area contributed by atoms with Gasteiger partial charge in [-0.2, -0.15) is 8.78 Å². The van der Waals surface area contributed by atoms with E-state index in [0.717, 1.165) is 24.8 Å². The van der Waals surface area contributed by atoms with Gasteiger partial charge >= 0.3 is 0 Å². The smallest absolute Gasteiger partial charge is 0.273 e. The van der Waals surface area contributed by atoms with Crippen LogP contribution >= 0.6 is 0 Å². The van der Waals surface area contributed by atoms with Gasteiger partial charge < -0.3 is 0 Å². The number of ketones is 2. The van der Waals surface area contributed by atoms with Crippen LogP contribution in [0.1, 0.15) is 39.5 Å². The number of hydrogen-bond donors (Lipinski definition) is 0. The van der Waals surface area contributed by atoms with Crippen LogP contribution in [-0.4, -0.2) is 11.6 Å². The lowest BCUT2D eigenvalue weighted by Crippen LogP contribution is -2.48. The minimum atomic E-state index is -1.90. The fourth-order valence-electron chi connectivity index (χ4n) is 6.33. The largest absolute Gasteiger partial charge is 0.294 e. The van der Waals surface area contributed by atoms with Crippen molar-refractivity contribution in [2.24, 2.45) is 34.5 Å². The highest BCUT2D eigenvalue weighted by atomic mass is 19.3. The van der Waals surface area contributed by atoms with Gasteiger partial charge in [0.15, 0.2) is 11.6 Å². The Bertz CT molecular complexity index is 786. The van der Waals surface area contributed by atoms with E-state index in [2.05, 4.69) is 26.0 Å². The Morgan fingerprint density at radius 3 is 2.65 bits per heavy atom. The first-order valence-corrected chi connectivity index (χ1v) is 9.46. The maximum atomic E-state index is 12.6. The summed E-state index contributed by atoms with van der Waals surface area (Å²) >= 11 is 0. The van der Waals surface area contributed by atoms with Gasteiger partial charge in [-0.1, -0.05) is 32.1 Å². The summed E-state index contributed by atoms with van der Waals surface area (Å²) in [5, 5.41) is 0. The third kappa shape index (κ3) is 2.41. The van der Waals surface area contributed by atoms with Gasteiger partial charge in [0.25, 0.3) is 6.08 Å². The zero-order valence-electron chi connectivity index (χ0n) is 15.2. The molecule has 0 aromatic rings. The lowest BCUT2D eigenvalue weighted by molar-refractivity contribution is -0.123. The van der Waals surface area contributed by atoms with Crippen LogP contribution in [0.15, 0.2) is 48.1 Å². The molecule has 4 aliphatic rings. The molecular weight excluding hydrogens is 334 g/mol. The first-order valence-electron chi connectivity index (χ1n) is 9.46. The Morgan fingerprint density at radius 2 is 1.92 bits per heavy atom. The summed E-state index contributed by atoms with van der Waals surface area (Å²) < 4.78 is 25.2. The van der Waals surface area contributed by atoms with Gasteiger partial charge in [-0.25, -0.2) is 0 Å². The zero-order chi connectivity index (χ0) is 18.7. The molecule has 0 radical (unpaired) electrons. The molecule has 138 valence electrons. The van der Waals surface area contributed by atoms with Crippen molar-refractivity contribution in [3.05, 3.63) is 48.1 Å².